The van der Waals surface area contributed by atoms with Crippen molar-refractivity contribution in [2.75, 3.05) is 6.54 Å². The van der Waals surface area contributed by atoms with Crippen LogP contribution in [0.1, 0.15) is 34.5 Å². The zero-order valence-electron chi connectivity index (χ0n) is 15.5. The third-order valence-electron chi connectivity index (χ3n) is 4.37. The van der Waals surface area contributed by atoms with Crippen LogP contribution in [-0.2, 0) is 11.3 Å². The van der Waals surface area contributed by atoms with Crippen molar-refractivity contribution >= 4 is 37.1 Å². The molecule has 29 heavy (non-hydrogen) atoms. The number of carbonyl (C=O) groups is 2. The number of hydrogen-bond donors (Lipinski definition) is 3. The van der Waals surface area contributed by atoms with Crippen molar-refractivity contribution in [2.45, 2.75) is 30.2 Å². The number of benzene rings is 2. The fraction of sp³-hybridized carbons (Fsp3) is 0.300. The van der Waals surface area contributed by atoms with Crippen LogP contribution in [0.2, 0.25) is 0 Å². The molecule has 0 saturated carbocycles. The molecule has 154 valence electrons. The van der Waals surface area contributed by atoms with Crippen LogP contribution in [0.25, 0.3) is 0 Å². The topological polar surface area (TPSA) is 58.6 Å². The molecule has 9 heteroatoms. The Morgan fingerprint density at radius 1 is 1.24 bits per heavy atom. The number of amides is 2. The molecule has 1 unspecified atom stereocenters. The second-order valence-electron chi connectivity index (χ2n) is 6.88. The van der Waals surface area contributed by atoms with Crippen molar-refractivity contribution in [1.29, 1.82) is 0 Å². The summed E-state index contributed by atoms with van der Waals surface area (Å²) in [6.45, 7) is -0.938. The first kappa shape index (κ1) is 21.4. The number of carbonyl (C=O) groups excluding carboxylic acids is 2. The van der Waals surface area contributed by atoms with Crippen LogP contribution in [-0.4, -0.2) is 33.9 Å². The van der Waals surface area contributed by atoms with Gasteiger partial charge in [0.25, 0.3) is 5.91 Å². The first-order valence-electron chi connectivity index (χ1n) is 8.82. The molecule has 1 aliphatic heterocycles. The molecule has 0 saturated heterocycles. The highest BCUT2D eigenvalue weighted by Crippen LogP contribution is 2.36. The molecule has 1 heterocycles. The summed E-state index contributed by atoms with van der Waals surface area (Å²) in [5, 5.41) is 2.77. The molecular weight excluding hydrogens is 418 g/mol. The van der Waals surface area contributed by atoms with Gasteiger partial charge in [0.2, 0.25) is 5.91 Å². The smallest absolute Gasteiger partial charge is 0.387 e. The fourth-order valence-electron chi connectivity index (χ4n) is 3.26. The molecule has 3 rings (SSSR count). The first-order chi connectivity index (χ1) is 13.7. The maximum Gasteiger partial charge on any atom is 0.387 e. The quantitative estimate of drug-likeness (QED) is 0.457. The number of nitrogens with zero attached hydrogens (tertiary/aromatic N) is 1. The molecule has 0 radical (unpaired) electrons. The average molecular weight is 439 g/mol. The van der Waals surface area contributed by atoms with Gasteiger partial charge in [0.1, 0.15) is 11.8 Å². The number of hydrogen-bond acceptors (Lipinski definition) is 5. The van der Waals surface area contributed by atoms with Crippen LogP contribution in [0.15, 0.2) is 48.5 Å². The zero-order valence-corrected chi connectivity index (χ0v) is 17.3. The molecule has 1 aliphatic rings. The SMILES string of the molecule is CC(S)(S)CN1C(=O)c2ccccc2C1C(=O)NCc1cccc(OC(F)F)c1. The highest BCUT2D eigenvalue weighted by Gasteiger charge is 2.42. The summed E-state index contributed by atoms with van der Waals surface area (Å²) in [5.74, 6) is -0.632. The van der Waals surface area contributed by atoms with E-state index in [0.29, 0.717) is 16.7 Å². The Morgan fingerprint density at radius 3 is 2.66 bits per heavy atom. The van der Waals surface area contributed by atoms with E-state index in [1.54, 1.807) is 43.3 Å². The van der Waals surface area contributed by atoms with E-state index in [1.165, 1.54) is 17.0 Å². The van der Waals surface area contributed by atoms with Gasteiger partial charge in [-0.1, -0.05) is 30.3 Å². The summed E-state index contributed by atoms with van der Waals surface area (Å²) in [7, 11) is 0. The van der Waals surface area contributed by atoms with Crippen molar-refractivity contribution in [3.8, 4) is 5.75 Å². The van der Waals surface area contributed by atoms with Crippen molar-refractivity contribution in [3.63, 3.8) is 0 Å². The van der Waals surface area contributed by atoms with Crippen molar-refractivity contribution in [2.24, 2.45) is 0 Å². The van der Waals surface area contributed by atoms with Crippen molar-refractivity contribution < 1.29 is 23.1 Å². The minimum absolute atomic E-state index is 0.00989. The minimum atomic E-state index is -2.92. The highest BCUT2D eigenvalue weighted by molar-refractivity contribution is 8.00. The van der Waals surface area contributed by atoms with Crippen LogP contribution in [0.3, 0.4) is 0 Å². The molecule has 0 aromatic heterocycles. The van der Waals surface area contributed by atoms with Crippen LogP contribution in [0.5, 0.6) is 5.75 Å². The number of rotatable bonds is 7. The number of thiol groups is 2. The van der Waals surface area contributed by atoms with E-state index in [9.17, 15) is 18.4 Å². The van der Waals surface area contributed by atoms with Gasteiger partial charge < -0.3 is 15.0 Å². The number of alkyl halides is 2. The van der Waals surface area contributed by atoms with Gasteiger partial charge in [-0.25, -0.2) is 0 Å². The van der Waals surface area contributed by atoms with Crippen LogP contribution in [0, 0.1) is 0 Å². The number of fused-ring (bicyclic) bond motifs is 1. The average Bonchev–Trinajstić information content (AvgIpc) is 2.90. The Hall–Kier alpha value is -2.26. The predicted octanol–water partition coefficient (Wildman–Crippen LogP) is 3.68. The Bertz CT molecular complexity index is 919. The van der Waals surface area contributed by atoms with E-state index in [0.717, 1.165) is 0 Å². The van der Waals surface area contributed by atoms with E-state index in [-0.39, 0.29) is 30.7 Å². The molecule has 0 bridgehead atoms. The molecule has 2 amide bonds. The second-order valence-corrected chi connectivity index (χ2v) is 9.21. The van der Waals surface area contributed by atoms with E-state index in [2.05, 4.69) is 35.3 Å². The summed E-state index contributed by atoms with van der Waals surface area (Å²) >= 11 is 8.74. The predicted molar refractivity (Wildman–Crippen MR) is 112 cm³/mol. The Kier molecular flexibility index (Phi) is 6.38. The molecule has 2 aromatic carbocycles. The lowest BCUT2D eigenvalue weighted by atomic mass is 10.0. The zero-order chi connectivity index (χ0) is 21.2. The summed E-state index contributed by atoms with van der Waals surface area (Å²) in [4.78, 5) is 27.2. The molecule has 0 spiro atoms. The van der Waals surface area contributed by atoms with Gasteiger partial charge in [-0.2, -0.15) is 34.0 Å². The molecular formula is C20H20F2N2O3S2. The third kappa shape index (κ3) is 5.22. The number of ether oxygens (including phenoxy) is 1. The summed E-state index contributed by atoms with van der Waals surface area (Å²) < 4.78 is 28.4. The maximum atomic E-state index is 13.0. The Labute approximate surface area is 178 Å². The normalized spacial score (nSPS) is 16.1. The molecule has 0 fully saturated rings. The second kappa shape index (κ2) is 8.62. The lowest BCUT2D eigenvalue weighted by Crippen LogP contribution is -2.43. The van der Waals surface area contributed by atoms with Gasteiger partial charge in [-0.15, -0.1) is 0 Å². The van der Waals surface area contributed by atoms with Crippen molar-refractivity contribution in [3.05, 3.63) is 65.2 Å². The fourth-order valence-corrected chi connectivity index (χ4v) is 3.56. The van der Waals surface area contributed by atoms with Gasteiger partial charge >= 0.3 is 6.61 Å². The molecule has 2 aromatic rings. The van der Waals surface area contributed by atoms with Gasteiger partial charge in [0.05, 0.1) is 4.08 Å². The largest absolute Gasteiger partial charge is 0.435 e. The van der Waals surface area contributed by atoms with Gasteiger partial charge in [-0.3, -0.25) is 9.59 Å². The summed E-state index contributed by atoms with van der Waals surface area (Å²) in [5.41, 5.74) is 1.66. The van der Waals surface area contributed by atoms with Gasteiger partial charge in [0, 0.05) is 18.7 Å². The summed E-state index contributed by atoms with van der Waals surface area (Å²) in [6.07, 6.45) is 0. The third-order valence-corrected chi connectivity index (χ3v) is 4.65. The van der Waals surface area contributed by atoms with Crippen molar-refractivity contribution in [1.82, 2.24) is 10.2 Å². The Morgan fingerprint density at radius 2 is 1.97 bits per heavy atom. The standard InChI is InChI=1S/C20H20F2N2O3S2/c1-20(28,29)11-24-16(14-7-2-3-8-15(14)18(24)26)17(25)23-10-12-5-4-6-13(9-12)27-19(21)22/h2-9,16,19,28-29H,10-11H2,1H3,(H,23,25). The maximum absolute atomic E-state index is 13.0. The molecule has 5 nitrogen and oxygen atoms in total. The summed E-state index contributed by atoms with van der Waals surface area (Å²) in [6, 6.07) is 12.2. The van der Waals surface area contributed by atoms with Gasteiger partial charge in [0.15, 0.2) is 0 Å². The molecule has 1 atom stereocenters. The number of nitrogens with one attached hydrogen (secondary N) is 1. The molecule has 0 aliphatic carbocycles. The lowest BCUT2D eigenvalue weighted by molar-refractivity contribution is -0.125. The monoisotopic (exact) mass is 438 g/mol. The van der Waals surface area contributed by atoms with E-state index in [1.807, 2.05) is 0 Å². The van der Waals surface area contributed by atoms with Crippen LogP contribution < -0.4 is 10.1 Å². The highest BCUT2D eigenvalue weighted by atomic mass is 32.2. The Balaban J connectivity index is 1.78. The first-order valence-corrected chi connectivity index (χ1v) is 9.71. The van der Waals surface area contributed by atoms with E-state index >= 15 is 0 Å². The lowest BCUT2D eigenvalue weighted by Gasteiger charge is -2.30. The number of halogens is 2. The van der Waals surface area contributed by atoms with E-state index in [4.69, 9.17) is 0 Å². The minimum Gasteiger partial charge on any atom is -0.435 e. The molecule has 1 N–H and O–H groups in total. The van der Waals surface area contributed by atoms with Crippen LogP contribution >= 0.6 is 25.3 Å². The van der Waals surface area contributed by atoms with Crippen LogP contribution in [0.4, 0.5) is 8.78 Å². The van der Waals surface area contributed by atoms with E-state index < -0.39 is 16.7 Å². The van der Waals surface area contributed by atoms with Gasteiger partial charge in [-0.05, 0) is 36.2 Å².